The van der Waals surface area contributed by atoms with Crippen LogP contribution in [0, 0.1) is 0 Å². The van der Waals surface area contributed by atoms with Gasteiger partial charge in [0, 0.05) is 15.6 Å². The molecule has 1 saturated heterocycles. The number of likely N-dealkylation sites (tertiary alicyclic amines) is 1. The molecule has 0 saturated carbocycles. The van der Waals surface area contributed by atoms with E-state index >= 15 is 0 Å². The SMILES string of the molecule is CC(C(=O)O)(c1cc(Cl)ccc1Cl)N1CCCC1. The molecule has 0 spiro atoms. The predicted molar refractivity (Wildman–Crippen MR) is 72.3 cm³/mol. The Bertz CT molecular complexity index is 472. The summed E-state index contributed by atoms with van der Waals surface area (Å²) in [4.78, 5) is 13.7. The molecule has 1 atom stereocenters. The zero-order valence-electron chi connectivity index (χ0n) is 10.1. The molecule has 0 radical (unpaired) electrons. The van der Waals surface area contributed by atoms with Crippen molar-refractivity contribution >= 4 is 29.2 Å². The average Bonchev–Trinajstić information content (AvgIpc) is 2.85. The van der Waals surface area contributed by atoms with E-state index in [1.54, 1.807) is 25.1 Å². The van der Waals surface area contributed by atoms with Crippen LogP contribution in [0.5, 0.6) is 0 Å². The summed E-state index contributed by atoms with van der Waals surface area (Å²) in [6.45, 7) is 3.23. The molecule has 1 aliphatic heterocycles. The van der Waals surface area contributed by atoms with Crippen LogP contribution in [0.4, 0.5) is 0 Å². The lowest BCUT2D eigenvalue weighted by Crippen LogP contribution is -2.48. The number of rotatable bonds is 3. The van der Waals surface area contributed by atoms with Crippen molar-refractivity contribution < 1.29 is 9.90 Å². The first-order valence-electron chi connectivity index (χ1n) is 5.90. The van der Waals surface area contributed by atoms with Gasteiger partial charge in [-0.05, 0) is 51.1 Å². The van der Waals surface area contributed by atoms with Crippen LogP contribution < -0.4 is 0 Å². The van der Waals surface area contributed by atoms with Gasteiger partial charge in [0.2, 0.25) is 0 Å². The Labute approximate surface area is 116 Å². The van der Waals surface area contributed by atoms with Crippen LogP contribution in [0.2, 0.25) is 10.0 Å². The van der Waals surface area contributed by atoms with Crippen LogP contribution in [-0.4, -0.2) is 29.1 Å². The second kappa shape index (κ2) is 5.08. The van der Waals surface area contributed by atoms with Crippen LogP contribution in [0.3, 0.4) is 0 Å². The summed E-state index contributed by atoms with van der Waals surface area (Å²) >= 11 is 12.1. The molecule has 18 heavy (non-hydrogen) atoms. The zero-order valence-corrected chi connectivity index (χ0v) is 11.6. The number of carboxylic acid groups (broad SMARTS) is 1. The first-order chi connectivity index (χ1) is 8.46. The van der Waals surface area contributed by atoms with Crippen molar-refractivity contribution in [2.45, 2.75) is 25.3 Å². The van der Waals surface area contributed by atoms with Gasteiger partial charge in [0.1, 0.15) is 5.54 Å². The van der Waals surface area contributed by atoms with Gasteiger partial charge in [-0.3, -0.25) is 4.90 Å². The van der Waals surface area contributed by atoms with E-state index in [1.165, 1.54) is 0 Å². The van der Waals surface area contributed by atoms with Gasteiger partial charge in [0.15, 0.2) is 0 Å². The van der Waals surface area contributed by atoms with Crippen molar-refractivity contribution in [1.82, 2.24) is 4.90 Å². The third kappa shape index (κ3) is 2.22. The van der Waals surface area contributed by atoms with Crippen molar-refractivity contribution in [3.8, 4) is 0 Å². The normalized spacial score (nSPS) is 19.7. The Morgan fingerprint density at radius 2 is 1.94 bits per heavy atom. The van der Waals surface area contributed by atoms with Crippen molar-refractivity contribution in [2.75, 3.05) is 13.1 Å². The highest BCUT2D eigenvalue weighted by atomic mass is 35.5. The zero-order chi connectivity index (χ0) is 13.3. The Balaban J connectivity index is 2.52. The minimum Gasteiger partial charge on any atom is -0.480 e. The van der Waals surface area contributed by atoms with Crippen molar-refractivity contribution in [2.24, 2.45) is 0 Å². The van der Waals surface area contributed by atoms with Crippen LogP contribution in [0.25, 0.3) is 0 Å². The Morgan fingerprint density at radius 1 is 1.33 bits per heavy atom. The Morgan fingerprint density at radius 3 is 2.50 bits per heavy atom. The molecule has 1 aromatic carbocycles. The highest BCUT2D eigenvalue weighted by molar-refractivity contribution is 6.33. The number of carbonyl (C=O) groups is 1. The number of benzene rings is 1. The number of carboxylic acids is 1. The predicted octanol–water partition coefficient (Wildman–Crippen LogP) is 3.39. The third-order valence-electron chi connectivity index (χ3n) is 3.61. The quantitative estimate of drug-likeness (QED) is 0.926. The fourth-order valence-electron chi connectivity index (χ4n) is 2.46. The topological polar surface area (TPSA) is 40.5 Å². The lowest BCUT2D eigenvalue weighted by atomic mass is 9.90. The molecule has 0 aromatic heterocycles. The van der Waals surface area contributed by atoms with Crippen molar-refractivity contribution in [3.05, 3.63) is 33.8 Å². The summed E-state index contributed by atoms with van der Waals surface area (Å²) in [6.07, 6.45) is 2.03. The molecule has 1 aromatic rings. The molecule has 2 rings (SSSR count). The molecular weight excluding hydrogens is 273 g/mol. The summed E-state index contributed by atoms with van der Waals surface area (Å²) in [7, 11) is 0. The number of aliphatic carboxylic acids is 1. The molecule has 0 aliphatic carbocycles. The summed E-state index contributed by atoms with van der Waals surface area (Å²) < 4.78 is 0. The van der Waals surface area contributed by atoms with Crippen LogP contribution in [-0.2, 0) is 10.3 Å². The first kappa shape index (κ1) is 13.7. The lowest BCUT2D eigenvalue weighted by molar-refractivity contribution is -0.150. The number of nitrogens with zero attached hydrogens (tertiary/aromatic N) is 1. The largest absolute Gasteiger partial charge is 0.480 e. The molecule has 0 bridgehead atoms. The summed E-state index contributed by atoms with van der Waals surface area (Å²) in [5.41, 5.74) is -0.551. The lowest BCUT2D eigenvalue weighted by Gasteiger charge is -2.35. The molecule has 3 nitrogen and oxygen atoms in total. The van der Waals surface area contributed by atoms with E-state index in [4.69, 9.17) is 23.2 Å². The van der Waals surface area contributed by atoms with Crippen molar-refractivity contribution in [1.29, 1.82) is 0 Å². The van der Waals surface area contributed by atoms with Gasteiger partial charge >= 0.3 is 5.97 Å². The minimum absolute atomic E-state index is 0.441. The molecule has 0 amide bonds. The Hall–Kier alpha value is -0.770. The molecule has 1 fully saturated rings. The van der Waals surface area contributed by atoms with Gasteiger partial charge in [-0.15, -0.1) is 0 Å². The highest BCUT2D eigenvalue weighted by Gasteiger charge is 2.43. The summed E-state index contributed by atoms with van der Waals surface area (Å²) in [5.74, 6) is -0.895. The summed E-state index contributed by atoms with van der Waals surface area (Å²) in [5, 5.41) is 10.6. The van der Waals surface area contributed by atoms with Gasteiger partial charge in [0.05, 0.1) is 0 Å². The van der Waals surface area contributed by atoms with Crippen LogP contribution in [0.1, 0.15) is 25.3 Å². The van der Waals surface area contributed by atoms with E-state index in [9.17, 15) is 9.90 Å². The molecule has 98 valence electrons. The second-order valence-electron chi connectivity index (χ2n) is 4.70. The fraction of sp³-hybridized carbons (Fsp3) is 0.462. The van der Waals surface area contributed by atoms with Gasteiger partial charge < -0.3 is 5.11 Å². The number of hydrogen-bond donors (Lipinski definition) is 1. The molecule has 1 aliphatic rings. The fourth-order valence-corrected chi connectivity index (χ4v) is 2.93. The van der Waals surface area contributed by atoms with Gasteiger partial charge in [-0.2, -0.15) is 0 Å². The average molecular weight is 288 g/mol. The maximum absolute atomic E-state index is 11.7. The monoisotopic (exact) mass is 287 g/mol. The third-order valence-corrected chi connectivity index (χ3v) is 4.17. The minimum atomic E-state index is -1.11. The molecule has 1 unspecified atom stereocenters. The standard InChI is InChI=1S/C13H15Cl2NO2/c1-13(12(17)18,16-6-2-3-7-16)10-8-9(14)4-5-11(10)15/h4-5,8H,2-3,6-7H2,1H3,(H,17,18). The second-order valence-corrected chi connectivity index (χ2v) is 5.54. The Kier molecular flexibility index (Phi) is 3.85. The number of hydrogen-bond acceptors (Lipinski definition) is 2. The smallest absolute Gasteiger partial charge is 0.328 e. The van der Waals surface area contributed by atoms with E-state index < -0.39 is 11.5 Å². The molecule has 1 N–H and O–H groups in total. The molecule has 1 heterocycles. The van der Waals surface area contributed by atoms with E-state index in [-0.39, 0.29) is 0 Å². The van der Waals surface area contributed by atoms with Gasteiger partial charge in [-0.1, -0.05) is 23.2 Å². The van der Waals surface area contributed by atoms with E-state index in [0.717, 1.165) is 25.9 Å². The van der Waals surface area contributed by atoms with E-state index in [1.807, 2.05) is 4.90 Å². The van der Waals surface area contributed by atoms with Gasteiger partial charge in [0.25, 0.3) is 0 Å². The van der Waals surface area contributed by atoms with E-state index in [0.29, 0.717) is 15.6 Å². The van der Waals surface area contributed by atoms with Crippen LogP contribution in [0.15, 0.2) is 18.2 Å². The summed E-state index contributed by atoms with van der Waals surface area (Å²) in [6, 6.07) is 4.96. The molecule has 5 heteroatoms. The maximum Gasteiger partial charge on any atom is 0.328 e. The number of halogens is 2. The highest BCUT2D eigenvalue weighted by Crippen LogP contribution is 2.37. The van der Waals surface area contributed by atoms with Crippen LogP contribution >= 0.6 is 23.2 Å². The maximum atomic E-state index is 11.7. The first-order valence-corrected chi connectivity index (χ1v) is 6.66. The van der Waals surface area contributed by atoms with Crippen molar-refractivity contribution in [3.63, 3.8) is 0 Å². The molecular formula is C13H15Cl2NO2. The van der Waals surface area contributed by atoms with E-state index in [2.05, 4.69) is 0 Å². The van der Waals surface area contributed by atoms with Gasteiger partial charge in [-0.25, -0.2) is 4.79 Å².